The summed E-state index contributed by atoms with van der Waals surface area (Å²) in [6.45, 7) is 0.119. The Morgan fingerprint density at radius 1 is 1.24 bits per heavy atom. The van der Waals surface area contributed by atoms with Crippen molar-refractivity contribution in [2.45, 2.75) is 25.4 Å². The molecule has 21 heavy (non-hydrogen) atoms. The molecule has 5 N–H and O–H groups in total. The molecule has 0 aliphatic rings. The second kappa shape index (κ2) is 7.83. The Morgan fingerprint density at radius 2 is 1.86 bits per heavy atom. The van der Waals surface area contributed by atoms with Gasteiger partial charge in [0.2, 0.25) is 5.91 Å². The number of rotatable bonds is 7. The highest BCUT2D eigenvalue weighted by Crippen LogP contribution is 2.02. The van der Waals surface area contributed by atoms with Crippen molar-refractivity contribution in [3.63, 3.8) is 0 Å². The molecule has 3 amide bonds. The number of carbonyl (C=O) groups excluding carboxylic acids is 2. The largest absolute Gasteiger partial charge is 0.480 e. The van der Waals surface area contributed by atoms with Crippen molar-refractivity contribution >= 4 is 17.9 Å². The van der Waals surface area contributed by atoms with Crippen LogP contribution in [0.25, 0.3) is 0 Å². The van der Waals surface area contributed by atoms with Gasteiger partial charge in [-0.2, -0.15) is 0 Å². The lowest BCUT2D eigenvalue weighted by molar-refractivity contribution is -0.139. The highest BCUT2D eigenvalue weighted by molar-refractivity contribution is 5.83. The van der Waals surface area contributed by atoms with E-state index in [-0.39, 0.29) is 25.2 Å². The van der Waals surface area contributed by atoms with E-state index < -0.39 is 23.9 Å². The molecule has 1 aromatic carbocycles. The highest BCUT2D eigenvalue weighted by Gasteiger charge is 2.20. The molecule has 0 aromatic heterocycles. The normalized spacial score (nSPS) is 11.5. The molecule has 0 heterocycles. The molecule has 0 saturated heterocycles. The van der Waals surface area contributed by atoms with Gasteiger partial charge in [-0.05, 0) is 24.1 Å². The molecule has 0 fully saturated rings. The monoisotopic (exact) mass is 297 g/mol. The predicted molar refractivity (Wildman–Crippen MR) is 71.6 cm³/mol. The van der Waals surface area contributed by atoms with Gasteiger partial charge in [-0.15, -0.1) is 0 Å². The number of hydrogen-bond donors (Lipinski definition) is 4. The van der Waals surface area contributed by atoms with Crippen LogP contribution >= 0.6 is 0 Å². The van der Waals surface area contributed by atoms with Gasteiger partial charge in [0.15, 0.2) is 0 Å². The fraction of sp³-hybridized carbons (Fsp3) is 0.308. The molecule has 1 aromatic rings. The number of carbonyl (C=O) groups is 3. The number of carboxylic acids is 1. The van der Waals surface area contributed by atoms with Crippen molar-refractivity contribution in [1.82, 2.24) is 10.6 Å². The first-order chi connectivity index (χ1) is 9.88. The number of halogens is 1. The Hall–Kier alpha value is -2.64. The van der Waals surface area contributed by atoms with Gasteiger partial charge in [-0.25, -0.2) is 14.0 Å². The summed E-state index contributed by atoms with van der Waals surface area (Å²) < 4.78 is 12.7. The molecule has 114 valence electrons. The summed E-state index contributed by atoms with van der Waals surface area (Å²) in [6.07, 6.45) is -0.232. The minimum absolute atomic E-state index is 0.0887. The van der Waals surface area contributed by atoms with E-state index in [1.807, 2.05) is 0 Å². The average Bonchev–Trinajstić information content (AvgIpc) is 2.42. The third-order valence-electron chi connectivity index (χ3n) is 2.65. The maximum absolute atomic E-state index is 12.7. The number of aliphatic carboxylic acids is 1. The summed E-state index contributed by atoms with van der Waals surface area (Å²) in [6, 6.07) is 3.60. The summed E-state index contributed by atoms with van der Waals surface area (Å²) >= 11 is 0. The van der Waals surface area contributed by atoms with Crippen LogP contribution in [0, 0.1) is 5.82 Å². The Balaban J connectivity index is 2.44. The van der Waals surface area contributed by atoms with Gasteiger partial charge >= 0.3 is 12.0 Å². The van der Waals surface area contributed by atoms with Crippen molar-refractivity contribution in [2.75, 3.05) is 0 Å². The smallest absolute Gasteiger partial charge is 0.326 e. The van der Waals surface area contributed by atoms with Crippen molar-refractivity contribution in [2.24, 2.45) is 5.73 Å². The van der Waals surface area contributed by atoms with Gasteiger partial charge in [-0.1, -0.05) is 12.1 Å². The molecule has 0 aliphatic heterocycles. The fourth-order valence-corrected chi connectivity index (χ4v) is 1.54. The minimum Gasteiger partial charge on any atom is -0.480 e. The van der Waals surface area contributed by atoms with E-state index >= 15 is 0 Å². The van der Waals surface area contributed by atoms with Gasteiger partial charge in [-0.3, -0.25) is 4.79 Å². The van der Waals surface area contributed by atoms with Crippen molar-refractivity contribution in [3.8, 4) is 0 Å². The zero-order chi connectivity index (χ0) is 15.8. The number of nitrogens with two attached hydrogens (primary N) is 1. The maximum atomic E-state index is 12.7. The SMILES string of the molecule is NC(=O)CCC(NC(=O)NCc1ccc(F)cc1)C(=O)O. The van der Waals surface area contributed by atoms with Crippen molar-refractivity contribution in [3.05, 3.63) is 35.6 Å². The molecule has 0 spiro atoms. The molecule has 1 unspecified atom stereocenters. The minimum atomic E-state index is -1.26. The van der Waals surface area contributed by atoms with E-state index in [0.29, 0.717) is 5.56 Å². The van der Waals surface area contributed by atoms with Gasteiger partial charge < -0.3 is 21.5 Å². The first-order valence-electron chi connectivity index (χ1n) is 6.18. The first-order valence-corrected chi connectivity index (χ1v) is 6.18. The number of urea groups is 1. The molecular weight excluding hydrogens is 281 g/mol. The highest BCUT2D eigenvalue weighted by atomic mass is 19.1. The van der Waals surface area contributed by atoms with E-state index in [1.165, 1.54) is 24.3 Å². The van der Waals surface area contributed by atoms with E-state index in [0.717, 1.165) is 0 Å². The lowest BCUT2D eigenvalue weighted by Crippen LogP contribution is -2.46. The van der Waals surface area contributed by atoms with Crippen molar-refractivity contribution < 1.29 is 23.9 Å². The molecule has 8 heteroatoms. The van der Waals surface area contributed by atoms with Crippen molar-refractivity contribution in [1.29, 1.82) is 0 Å². The van der Waals surface area contributed by atoms with Gasteiger partial charge in [0.05, 0.1) is 0 Å². The number of carboxylic acid groups (broad SMARTS) is 1. The molecule has 7 nitrogen and oxygen atoms in total. The Bertz CT molecular complexity index is 519. The number of amides is 3. The van der Waals surface area contributed by atoms with Crippen LogP contribution in [-0.4, -0.2) is 29.1 Å². The first kappa shape index (κ1) is 16.4. The molecule has 0 aliphatic carbocycles. The Labute approximate surface area is 120 Å². The standard InChI is InChI=1S/C13H16FN3O4/c14-9-3-1-8(2-4-9)7-16-13(21)17-10(12(19)20)5-6-11(15)18/h1-4,10H,5-7H2,(H2,15,18)(H,19,20)(H2,16,17,21). The quantitative estimate of drug-likeness (QED) is 0.580. The number of hydrogen-bond acceptors (Lipinski definition) is 3. The summed E-state index contributed by atoms with van der Waals surface area (Å²) in [4.78, 5) is 33.1. The summed E-state index contributed by atoms with van der Waals surface area (Å²) in [5, 5.41) is 13.6. The summed E-state index contributed by atoms with van der Waals surface area (Å²) in [5.74, 6) is -2.29. The van der Waals surface area contributed by atoms with Crippen LogP contribution in [-0.2, 0) is 16.1 Å². The van der Waals surface area contributed by atoms with E-state index in [4.69, 9.17) is 10.8 Å². The third kappa shape index (κ3) is 6.37. The van der Waals surface area contributed by atoms with Gasteiger partial charge in [0.25, 0.3) is 0 Å². The second-order valence-corrected chi connectivity index (χ2v) is 4.35. The third-order valence-corrected chi connectivity index (χ3v) is 2.65. The predicted octanol–water partition coefficient (Wildman–Crippen LogP) is 0.344. The fourth-order valence-electron chi connectivity index (χ4n) is 1.54. The maximum Gasteiger partial charge on any atom is 0.326 e. The molecular formula is C13H16FN3O4. The van der Waals surface area contributed by atoms with Gasteiger partial charge in [0, 0.05) is 13.0 Å². The number of nitrogens with one attached hydrogen (secondary N) is 2. The number of benzene rings is 1. The molecule has 0 radical (unpaired) electrons. The van der Waals surface area contributed by atoms with Crippen LogP contribution < -0.4 is 16.4 Å². The van der Waals surface area contributed by atoms with Crippen LogP contribution in [0.5, 0.6) is 0 Å². The second-order valence-electron chi connectivity index (χ2n) is 4.35. The zero-order valence-electron chi connectivity index (χ0n) is 11.1. The van der Waals surface area contributed by atoms with Crippen LogP contribution in [0.15, 0.2) is 24.3 Å². The Kier molecular flexibility index (Phi) is 6.12. The van der Waals surface area contributed by atoms with Crippen LogP contribution in [0.4, 0.5) is 9.18 Å². The average molecular weight is 297 g/mol. The molecule has 1 rings (SSSR count). The van der Waals surface area contributed by atoms with E-state index in [1.54, 1.807) is 0 Å². The summed E-state index contributed by atoms with van der Waals surface area (Å²) in [7, 11) is 0. The number of primary amides is 1. The zero-order valence-corrected chi connectivity index (χ0v) is 11.1. The van der Waals surface area contributed by atoms with E-state index in [9.17, 15) is 18.8 Å². The van der Waals surface area contributed by atoms with Crippen LogP contribution in [0.2, 0.25) is 0 Å². The molecule has 1 atom stereocenters. The van der Waals surface area contributed by atoms with Crippen LogP contribution in [0.3, 0.4) is 0 Å². The van der Waals surface area contributed by atoms with Crippen LogP contribution in [0.1, 0.15) is 18.4 Å². The Morgan fingerprint density at radius 3 is 2.38 bits per heavy atom. The molecule has 0 bridgehead atoms. The van der Waals surface area contributed by atoms with Gasteiger partial charge in [0.1, 0.15) is 11.9 Å². The molecule has 0 saturated carbocycles. The topological polar surface area (TPSA) is 122 Å². The lowest BCUT2D eigenvalue weighted by atomic mass is 10.1. The summed E-state index contributed by atoms with van der Waals surface area (Å²) in [5.41, 5.74) is 5.59. The van der Waals surface area contributed by atoms with E-state index in [2.05, 4.69) is 10.6 Å². The lowest BCUT2D eigenvalue weighted by Gasteiger charge is -2.14.